The Bertz CT molecular complexity index is 339. The molecule has 1 amide bonds. The maximum Gasteiger partial charge on any atom is 0.401 e. The summed E-state index contributed by atoms with van der Waals surface area (Å²) >= 11 is 0. The second-order valence-electron chi connectivity index (χ2n) is 5.81. The minimum Gasteiger partial charge on any atom is -0.356 e. The molecule has 4 nitrogen and oxygen atoms in total. The van der Waals surface area contributed by atoms with Gasteiger partial charge in [-0.1, -0.05) is 0 Å². The Hall–Kier alpha value is -0.240. The topological polar surface area (TPSA) is 44.4 Å². The van der Waals surface area contributed by atoms with E-state index in [1.807, 2.05) is 0 Å². The van der Waals surface area contributed by atoms with Gasteiger partial charge in [0.25, 0.3) is 0 Å². The highest BCUT2D eigenvalue weighted by atomic mass is 35.5. The molecule has 2 saturated heterocycles. The zero-order chi connectivity index (χ0) is 14.6. The van der Waals surface area contributed by atoms with Crippen molar-refractivity contribution in [3.63, 3.8) is 0 Å². The third-order valence-electron chi connectivity index (χ3n) is 3.95. The molecule has 0 aliphatic carbocycles. The number of likely N-dealkylation sites (tertiary alicyclic amines) is 1. The van der Waals surface area contributed by atoms with E-state index >= 15 is 0 Å². The highest BCUT2D eigenvalue weighted by molar-refractivity contribution is 5.85. The SMILES string of the molecule is Cl.Cl.O=C(CC1CCCN1)NCC1CCN(CC(F)(F)F)C1. The summed E-state index contributed by atoms with van der Waals surface area (Å²) in [5, 5.41) is 6.10. The fraction of sp³-hybridized carbons (Fsp3) is 0.923. The van der Waals surface area contributed by atoms with Gasteiger partial charge in [0.15, 0.2) is 0 Å². The summed E-state index contributed by atoms with van der Waals surface area (Å²) in [5.41, 5.74) is 0. The molecule has 2 N–H and O–H groups in total. The number of halogens is 5. The highest BCUT2D eigenvalue weighted by Gasteiger charge is 2.34. The lowest BCUT2D eigenvalue weighted by Crippen LogP contribution is -2.36. The molecule has 2 atom stereocenters. The second-order valence-corrected chi connectivity index (χ2v) is 5.81. The number of carbonyl (C=O) groups excluding carboxylic acids is 1. The van der Waals surface area contributed by atoms with Crippen LogP contribution in [0.3, 0.4) is 0 Å². The summed E-state index contributed by atoms with van der Waals surface area (Å²) in [4.78, 5) is 13.1. The van der Waals surface area contributed by atoms with E-state index < -0.39 is 12.7 Å². The van der Waals surface area contributed by atoms with Crippen molar-refractivity contribution in [2.24, 2.45) is 5.92 Å². The van der Waals surface area contributed by atoms with Gasteiger partial charge in [0.05, 0.1) is 6.54 Å². The fourth-order valence-corrected chi connectivity index (χ4v) is 2.96. The van der Waals surface area contributed by atoms with Crippen molar-refractivity contribution >= 4 is 30.7 Å². The van der Waals surface area contributed by atoms with Gasteiger partial charge < -0.3 is 10.6 Å². The molecule has 2 unspecified atom stereocenters. The van der Waals surface area contributed by atoms with Crippen LogP contribution in [-0.2, 0) is 4.79 Å². The van der Waals surface area contributed by atoms with E-state index in [4.69, 9.17) is 0 Å². The first-order valence-corrected chi connectivity index (χ1v) is 7.21. The first-order valence-electron chi connectivity index (χ1n) is 7.21. The Morgan fingerprint density at radius 2 is 2.00 bits per heavy atom. The summed E-state index contributed by atoms with van der Waals surface area (Å²) in [6.45, 7) is 1.49. The summed E-state index contributed by atoms with van der Waals surface area (Å²) in [6.07, 6.45) is -0.813. The lowest BCUT2D eigenvalue weighted by Gasteiger charge is -2.18. The first-order chi connectivity index (χ1) is 9.42. The Morgan fingerprint density at radius 3 is 2.59 bits per heavy atom. The summed E-state index contributed by atoms with van der Waals surface area (Å²) < 4.78 is 36.8. The van der Waals surface area contributed by atoms with Gasteiger partial charge in [0.1, 0.15) is 0 Å². The number of carbonyl (C=O) groups is 1. The molecule has 2 heterocycles. The molecule has 0 bridgehead atoms. The minimum atomic E-state index is -4.13. The minimum absolute atomic E-state index is 0. The standard InChI is InChI=1S/C13H22F3N3O.2ClH/c14-13(15,16)9-19-5-3-10(8-19)7-18-12(20)6-11-2-1-4-17-11;;/h10-11,17H,1-9H2,(H,18,20);2*1H. The van der Waals surface area contributed by atoms with Crippen LogP contribution in [0.5, 0.6) is 0 Å². The van der Waals surface area contributed by atoms with Crippen molar-refractivity contribution in [2.45, 2.75) is 37.9 Å². The first kappa shape index (κ1) is 21.8. The Morgan fingerprint density at radius 1 is 1.27 bits per heavy atom. The predicted octanol–water partition coefficient (Wildman–Crippen LogP) is 1.97. The predicted molar refractivity (Wildman–Crippen MR) is 83.7 cm³/mol. The molecule has 2 aliphatic heterocycles. The van der Waals surface area contributed by atoms with Gasteiger partial charge in [-0.3, -0.25) is 9.69 Å². The third-order valence-corrected chi connectivity index (χ3v) is 3.95. The quantitative estimate of drug-likeness (QED) is 0.782. The molecule has 22 heavy (non-hydrogen) atoms. The van der Waals surface area contributed by atoms with Crippen LogP contribution in [0, 0.1) is 5.92 Å². The zero-order valence-corrected chi connectivity index (χ0v) is 14.0. The molecule has 2 fully saturated rings. The highest BCUT2D eigenvalue weighted by Crippen LogP contribution is 2.22. The molecule has 0 aromatic heterocycles. The molecule has 0 radical (unpaired) electrons. The Labute approximate surface area is 141 Å². The van der Waals surface area contributed by atoms with Crippen molar-refractivity contribution in [3.05, 3.63) is 0 Å². The van der Waals surface area contributed by atoms with Crippen LogP contribution in [0.25, 0.3) is 0 Å². The van der Waals surface area contributed by atoms with Crippen molar-refractivity contribution in [2.75, 3.05) is 32.7 Å². The van der Waals surface area contributed by atoms with E-state index in [0.29, 0.717) is 26.1 Å². The average Bonchev–Trinajstić information content (AvgIpc) is 2.96. The van der Waals surface area contributed by atoms with Gasteiger partial charge in [-0.05, 0) is 38.3 Å². The average molecular weight is 366 g/mol. The van der Waals surface area contributed by atoms with Crippen LogP contribution in [0.15, 0.2) is 0 Å². The van der Waals surface area contributed by atoms with Gasteiger partial charge in [0.2, 0.25) is 5.91 Å². The molecule has 0 aromatic rings. The normalized spacial score (nSPS) is 25.4. The van der Waals surface area contributed by atoms with E-state index in [2.05, 4.69) is 10.6 Å². The number of hydrogen-bond acceptors (Lipinski definition) is 3. The van der Waals surface area contributed by atoms with Crippen LogP contribution in [0.1, 0.15) is 25.7 Å². The second kappa shape index (κ2) is 9.80. The third kappa shape index (κ3) is 7.85. The van der Waals surface area contributed by atoms with Crippen LogP contribution < -0.4 is 10.6 Å². The van der Waals surface area contributed by atoms with Crippen molar-refractivity contribution in [1.82, 2.24) is 15.5 Å². The number of nitrogens with zero attached hydrogens (tertiary/aromatic N) is 1. The van der Waals surface area contributed by atoms with E-state index in [-0.39, 0.29) is 42.7 Å². The summed E-state index contributed by atoms with van der Waals surface area (Å²) in [6, 6.07) is 0.264. The van der Waals surface area contributed by atoms with Gasteiger partial charge in [0, 0.05) is 25.6 Å². The molecular weight excluding hydrogens is 342 g/mol. The smallest absolute Gasteiger partial charge is 0.356 e. The molecular formula is C13H24Cl2F3N3O. The van der Waals surface area contributed by atoms with Gasteiger partial charge >= 0.3 is 6.18 Å². The van der Waals surface area contributed by atoms with Crippen LogP contribution in [-0.4, -0.2) is 55.7 Å². The lowest BCUT2D eigenvalue weighted by molar-refractivity contribution is -0.143. The molecule has 2 aliphatic rings. The Balaban J connectivity index is 0.00000220. The largest absolute Gasteiger partial charge is 0.401 e. The van der Waals surface area contributed by atoms with Gasteiger partial charge in [-0.25, -0.2) is 0 Å². The van der Waals surface area contributed by atoms with E-state index in [1.165, 1.54) is 4.90 Å². The zero-order valence-electron chi connectivity index (χ0n) is 12.3. The molecule has 0 saturated carbocycles. The van der Waals surface area contributed by atoms with Crippen molar-refractivity contribution in [1.29, 1.82) is 0 Å². The number of rotatable bonds is 5. The number of nitrogens with one attached hydrogen (secondary N) is 2. The number of alkyl halides is 3. The van der Waals surface area contributed by atoms with Crippen LogP contribution in [0.2, 0.25) is 0 Å². The van der Waals surface area contributed by atoms with Crippen LogP contribution in [0.4, 0.5) is 13.2 Å². The maximum atomic E-state index is 12.3. The molecule has 132 valence electrons. The summed E-state index contributed by atoms with van der Waals surface area (Å²) in [5.74, 6) is 0.136. The number of amides is 1. The van der Waals surface area contributed by atoms with E-state index in [9.17, 15) is 18.0 Å². The molecule has 2 rings (SSSR count). The van der Waals surface area contributed by atoms with Crippen molar-refractivity contribution in [3.8, 4) is 0 Å². The van der Waals surface area contributed by atoms with Crippen molar-refractivity contribution < 1.29 is 18.0 Å². The van der Waals surface area contributed by atoms with Crippen LogP contribution >= 0.6 is 24.8 Å². The monoisotopic (exact) mass is 365 g/mol. The molecule has 0 spiro atoms. The lowest BCUT2D eigenvalue weighted by atomic mass is 10.1. The Kier molecular flexibility index (Phi) is 9.69. The maximum absolute atomic E-state index is 12.3. The fourth-order valence-electron chi connectivity index (χ4n) is 2.96. The van der Waals surface area contributed by atoms with Gasteiger partial charge in [-0.2, -0.15) is 13.2 Å². The van der Waals surface area contributed by atoms with E-state index in [1.54, 1.807) is 0 Å². The molecule has 9 heteroatoms. The molecule has 0 aromatic carbocycles. The summed E-state index contributed by atoms with van der Waals surface area (Å²) in [7, 11) is 0. The van der Waals surface area contributed by atoms with E-state index in [0.717, 1.165) is 25.8 Å². The number of hydrogen-bond donors (Lipinski definition) is 2. The van der Waals surface area contributed by atoms with Gasteiger partial charge in [-0.15, -0.1) is 24.8 Å².